The lowest BCUT2D eigenvalue weighted by molar-refractivity contribution is 0.275. The van der Waals surface area contributed by atoms with Crippen LogP contribution in [0.25, 0.3) is 11.0 Å². The summed E-state index contributed by atoms with van der Waals surface area (Å²) in [5, 5.41) is 8.31. The van der Waals surface area contributed by atoms with Crippen LogP contribution in [0.3, 0.4) is 0 Å². The van der Waals surface area contributed by atoms with Crippen LogP contribution in [0.1, 0.15) is 12.8 Å². The summed E-state index contributed by atoms with van der Waals surface area (Å²) in [6.07, 6.45) is 6.09. The minimum atomic E-state index is 0.595. The molecule has 1 aliphatic heterocycles. The monoisotopic (exact) mass is 217 g/mol. The predicted molar refractivity (Wildman–Crippen MR) is 61.0 cm³/mol. The fourth-order valence-corrected chi connectivity index (χ4v) is 2.37. The van der Waals surface area contributed by atoms with E-state index in [4.69, 9.17) is 0 Å². The zero-order valence-electron chi connectivity index (χ0n) is 9.37. The number of hydrogen-bond acceptors (Lipinski definition) is 4. The van der Waals surface area contributed by atoms with Gasteiger partial charge >= 0.3 is 0 Å². The quantitative estimate of drug-likeness (QED) is 0.750. The largest absolute Gasteiger partial charge is 0.302 e. The molecule has 2 aromatic rings. The van der Waals surface area contributed by atoms with E-state index in [-0.39, 0.29) is 0 Å². The van der Waals surface area contributed by atoms with Crippen molar-refractivity contribution >= 4 is 11.0 Å². The molecule has 0 radical (unpaired) electrons. The third-order valence-electron chi connectivity index (χ3n) is 3.37. The minimum absolute atomic E-state index is 0.595. The van der Waals surface area contributed by atoms with Crippen LogP contribution in [0, 0.1) is 0 Å². The van der Waals surface area contributed by atoms with E-state index in [0.29, 0.717) is 6.04 Å². The van der Waals surface area contributed by atoms with Gasteiger partial charge in [0.1, 0.15) is 5.52 Å². The van der Waals surface area contributed by atoms with Crippen LogP contribution in [0.4, 0.5) is 0 Å². The molecule has 1 fully saturated rings. The Balaban J connectivity index is 1.89. The third kappa shape index (κ3) is 1.57. The number of nitrogens with zero attached hydrogens (tertiary/aromatic N) is 5. The molecule has 2 aromatic heterocycles. The molecule has 3 heterocycles. The highest BCUT2D eigenvalue weighted by molar-refractivity contribution is 5.72. The summed E-state index contributed by atoms with van der Waals surface area (Å²) >= 11 is 0. The van der Waals surface area contributed by atoms with Gasteiger partial charge in [0.25, 0.3) is 0 Å². The Bertz CT molecular complexity index is 492. The first-order valence-corrected chi connectivity index (χ1v) is 5.68. The number of pyridine rings is 1. The number of aromatic nitrogens is 4. The zero-order valence-corrected chi connectivity index (χ0v) is 9.37. The first-order chi connectivity index (χ1) is 7.84. The molecule has 0 amide bonds. The van der Waals surface area contributed by atoms with Gasteiger partial charge in [0.15, 0.2) is 0 Å². The minimum Gasteiger partial charge on any atom is -0.302 e. The molecule has 16 heavy (non-hydrogen) atoms. The van der Waals surface area contributed by atoms with Gasteiger partial charge in [-0.2, -0.15) is 0 Å². The molecule has 5 nitrogen and oxygen atoms in total. The number of likely N-dealkylation sites (N-methyl/N-ethyl adjacent to an activating group) is 1. The first kappa shape index (κ1) is 9.72. The molecule has 0 spiro atoms. The Morgan fingerprint density at radius 1 is 1.50 bits per heavy atom. The number of likely N-dealkylation sites (tertiary alicyclic amines) is 1. The van der Waals surface area contributed by atoms with Gasteiger partial charge in [-0.05, 0) is 32.5 Å². The SMILES string of the molecule is CN1CCCC1Cn1nnc2cnccc21. The van der Waals surface area contributed by atoms with Gasteiger partial charge in [-0.15, -0.1) is 5.10 Å². The molecule has 84 valence electrons. The molecule has 1 unspecified atom stereocenters. The highest BCUT2D eigenvalue weighted by Gasteiger charge is 2.22. The molecule has 1 aliphatic rings. The van der Waals surface area contributed by atoms with E-state index >= 15 is 0 Å². The Hall–Kier alpha value is -1.49. The second-order valence-corrected chi connectivity index (χ2v) is 4.41. The molecular formula is C11H15N5. The van der Waals surface area contributed by atoms with Crippen LogP contribution in [-0.4, -0.2) is 44.5 Å². The van der Waals surface area contributed by atoms with E-state index in [2.05, 4.69) is 27.2 Å². The molecule has 0 saturated carbocycles. The highest BCUT2D eigenvalue weighted by atomic mass is 15.4. The molecule has 0 aromatic carbocycles. The van der Waals surface area contributed by atoms with Crippen molar-refractivity contribution in [3.63, 3.8) is 0 Å². The second-order valence-electron chi connectivity index (χ2n) is 4.41. The van der Waals surface area contributed by atoms with Crippen molar-refractivity contribution in [2.45, 2.75) is 25.4 Å². The number of rotatable bonds is 2. The first-order valence-electron chi connectivity index (χ1n) is 5.68. The molecule has 5 heteroatoms. The van der Waals surface area contributed by atoms with Crippen molar-refractivity contribution in [1.82, 2.24) is 24.9 Å². The number of hydrogen-bond donors (Lipinski definition) is 0. The predicted octanol–water partition coefficient (Wildman–Crippen LogP) is 0.920. The molecule has 1 saturated heterocycles. The van der Waals surface area contributed by atoms with Crippen molar-refractivity contribution in [3.8, 4) is 0 Å². The molecule has 0 aliphatic carbocycles. The standard InChI is InChI=1S/C11H15N5/c1-15-6-2-3-9(15)8-16-11-4-5-12-7-10(11)13-14-16/h4-5,7,9H,2-3,6,8H2,1H3. The van der Waals surface area contributed by atoms with Crippen LogP contribution in [0.2, 0.25) is 0 Å². The van der Waals surface area contributed by atoms with E-state index < -0.39 is 0 Å². The Labute approximate surface area is 94.1 Å². The van der Waals surface area contributed by atoms with E-state index in [0.717, 1.165) is 17.6 Å². The molecular weight excluding hydrogens is 202 g/mol. The summed E-state index contributed by atoms with van der Waals surface area (Å²) in [5.74, 6) is 0. The fraction of sp³-hybridized carbons (Fsp3) is 0.545. The zero-order chi connectivity index (χ0) is 11.0. The van der Waals surface area contributed by atoms with Crippen LogP contribution in [0.5, 0.6) is 0 Å². The van der Waals surface area contributed by atoms with Gasteiger partial charge in [0, 0.05) is 12.2 Å². The smallest absolute Gasteiger partial charge is 0.131 e. The van der Waals surface area contributed by atoms with E-state index in [1.54, 1.807) is 12.4 Å². The summed E-state index contributed by atoms with van der Waals surface area (Å²) < 4.78 is 1.99. The summed E-state index contributed by atoms with van der Waals surface area (Å²) in [7, 11) is 2.18. The highest BCUT2D eigenvalue weighted by Crippen LogP contribution is 2.18. The van der Waals surface area contributed by atoms with Crippen molar-refractivity contribution in [3.05, 3.63) is 18.5 Å². The van der Waals surface area contributed by atoms with E-state index in [1.165, 1.54) is 19.4 Å². The average Bonchev–Trinajstić information content (AvgIpc) is 2.88. The topological polar surface area (TPSA) is 46.8 Å². The van der Waals surface area contributed by atoms with Gasteiger partial charge in [-0.25, -0.2) is 4.68 Å². The third-order valence-corrected chi connectivity index (χ3v) is 3.37. The van der Waals surface area contributed by atoms with Crippen LogP contribution in [0.15, 0.2) is 18.5 Å². The number of fused-ring (bicyclic) bond motifs is 1. The lowest BCUT2D eigenvalue weighted by Gasteiger charge is -2.18. The van der Waals surface area contributed by atoms with Crippen molar-refractivity contribution in [2.24, 2.45) is 0 Å². The Morgan fingerprint density at radius 3 is 3.25 bits per heavy atom. The normalized spacial score (nSPS) is 21.9. The molecule has 0 bridgehead atoms. The van der Waals surface area contributed by atoms with Gasteiger partial charge in [-0.1, -0.05) is 5.21 Å². The lowest BCUT2D eigenvalue weighted by atomic mass is 10.2. The van der Waals surface area contributed by atoms with Crippen molar-refractivity contribution in [2.75, 3.05) is 13.6 Å². The maximum atomic E-state index is 4.19. The van der Waals surface area contributed by atoms with E-state index in [9.17, 15) is 0 Å². The Kier molecular flexibility index (Phi) is 2.32. The summed E-state index contributed by atoms with van der Waals surface area (Å²) in [5.41, 5.74) is 1.96. The van der Waals surface area contributed by atoms with Gasteiger partial charge in [0.2, 0.25) is 0 Å². The lowest BCUT2D eigenvalue weighted by Crippen LogP contribution is -2.29. The molecule has 0 N–H and O–H groups in total. The van der Waals surface area contributed by atoms with E-state index in [1.807, 2.05) is 10.7 Å². The maximum absolute atomic E-state index is 4.19. The summed E-state index contributed by atoms with van der Waals surface area (Å²) in [6, 6.07) is 2.57. The second kappa shape index (κ2) is 3.83. The summed E-state index contributed by atoms with van der Waals surface area (Å²) in [6.45, 7) is 2.12. The van der Waals surface area contributed by atoms with Crippen LogP contribution in [-0.2, 0) is 6.54 Å². The van der Waals surface area contributed by atoms with Crippen molar-refractivity contribution in [1.29, 1.82) is 0 Å². The Morgan fingerprint density at radius 2 is 2.44 bits per heavy atom. The molecule has 1 atom stereocenters. The average molecular weight is 217 g/mol. The fourth-order valence-electron chi connectivity index (χ4n) is 2.37. The molecule has 3 rings (SSSR count). The summed E-state index contributed by atoms with van der Waals surface area (Å²) in [4.78, 5) is 6.44. The van der Waals surface area contributed by atoms with Gasteiger partial charge in [-0.3, -0.25) is 4.98 Å². The van der Waals surface area contributed by atoms with Gasteiger partial charge in [0.05, 0.1) is 18.3 Å². The van der Waals surface area contributed by atoms with Gasteiger partial charge < -0.3 is 4.90 Å². The van der Waals surface area contributed by atoms with Crippen molar-refractivity contribution < 1.29 is 0 Å². The van der Waals surface area contributed by atoms with Crippen LogP contribution >= 0.6 is 0 Å². The maximum Gasteiger partial charge on any atom is 0.131 e. The van der Waals surface area contributed by atoms with Crippen LogP contribution < -0.4 is 0 Å².